The summed E-state index contributed by atoms with van der Waals surface area (Å²) in [5.41, 5.74) is 0. The van der Waals surface area contributed by atoms with Gasteiger partial charge >= 0.3 is 6.18 Å². The van der Waals surface area contributed by atoms with Gasteiger partial charge in [-0.2, -0.15) is 13.2 Å². The summed E-state index contributed by atoms with van der Waals surface area (Å²) in [4.78, 5) is 0. The van der Waals surface area contributed by atoms with Crippen LogP contribution in [0.1, 0.15) is 6.42 Å². The molecule has 0 aliphatic carbocycles. The van der Waals surface area contributed by atoms with Crippen molar-refractivity contribution in [2.24, 2.45) is 0 Å². The number of halogens is 5. The minimum absolute atomic E-state index is 0.487. The second-order valence-electron chi connectivity index (χ2n) is 1.31. The highest BCUT2D eigenvalue weighted by Gasteiger charge is 2.25. The molecule has 0 bridgehead atoms. The summed E-state index contributed by atoms with van der Waals surface area (Å²) in [6.45, 7) is 0. The lowest BCUT2D eigenvalue weighted by Gasteiger charge is -1.98. The Morgan fingerprint density at radius 3 is 2.00 bits per heavy atom. The molecule has 0 aromatic carbocycles. The molecule has 0 fully saturated rings. The van der Waals surface area contributed by atoms with Crippen LogP contribution in [-0.2, 0) is 0 Å². The maximum Gasteiger partial charge on any atom is 0.392 e. The Bertz CT molecular complexity index is 110. The predicted octanol–water partition coefficient (Wildman–Crippen LogP) is 3.18. The average Bonchev–Trinajstić information content (AvgIpc) is 1.59. The van der Waals surface area contributed by atoms with E-state index in [0.717, 1.165) is 0 Å². The van der Waals surface area contributed by atoms with E-state index < -0.39 is 16.4 Å². The van der Waals surface area contributed by atoms with E-state index in [1.54, 1.807) is 0 Å². The normalized spacial score (nSPS) is 14.1. The third kappa shape index (κ3) is 8.19. The van der Waals surface area contributed by atoms with Crippen molar-refractivity contribution in [1.29, 1.82) is 0 Å². The van der Waals surface area contributed by atoms with E-state index in [9.17, 15) is 17.6 Å². The first kappa shape index (κ1) is 9.19. The van der Waals surface area contributed by atoms with Crippen LogP contribution in [0.4, 0.5) is 17.6 Å². The molecule has 0 amide bonds. The van der Waals surface area contributed by atoms with E-state index in [0.29, 0.717) is 6.08 Å². The molecule has 0 unspecified atom stereocenters. The third-order valence-corrected chi connectivity index (χ3v) is 0.928. The van der Waals surface area contributed by atoms with Gasteiger partial charge in [-0.1, -0.05) is 0 Å². The van der Waals surface area contributed by atoms with Gasteiger partial charge in [0.15, 0.2) is 3.83 Å². The van der Waals surface area contributed by atoms with Crippen LogP contribution < -0.4 is 0 Å². The molecule has 0 aromatic heterocycles. The molecular weight excluding hydrogens is 251 g/mol. The van der Waals surface area contributed by atoms with Gasteiger partial charge in [0.1, 0.15) is 0 Å². The van der Waals surface area contributed by atoms with Gasteiger partial charge in [-0.25, -0.2) is 4.39 Å². The Kier molecular flexibility index (Phi) is 3.45. The van der Waals surface area contributed by atoms with Crippen molar-refractivity contribution in [2.45, 2.75) is 12.6 Å². The van der Waals surface area contributed by atoms with Crippen LogP contribution in [0.25, 0.3) is 0 Å². The fourth-order valence-electron chi connectivity index (χ4n) is 0.193. The highest BCUT2D eigenvalue weighted by atomic mass is 127. The van der Waals surface area contributed by atoms with Crippen molar-refractivity contribution in [1.82, 2.24) is 0 Å². The quantitative estimate of drug-likeness (QED) is 0.498. The molecule has 0 aliphatic rings. The summed E-state index contributed by atoms with van der Waals surface area (Å²) in [7, 11) is 0. The summed E-state index contributed by atoms with van der Waals surface area (Å²) in [5, 5.41) is 0. The van der Waals surface area contributed by atoms with Crippen LogP contribution >= 0.6 is 22.6 Å². The van der Waals surface area contributed by atoms with Gasteiger partial charge in [-0.05, 0) is 28.7 Å². The number of alkyl halides is 3. The monoisotopic (exact) mass is 254 g/mol. The highest BCUT2D eigenvalue weighted by Crippen LogP contribution is 2.22. The second-order valence-corrected chi connectivity index (χ2v) is 2.34. The van der Waals surface area contributed by atoms with Gasteiger partial charge < -0.3 is 0 Å². The molecule has 9 heavy (non-hydrogen) atoms. The van der Waals surface area contributed by atoms with Gasteiger partial charge in [0.2, 0.25) is 0 Å². The zero-order valence-corrected chi connectivity index (χ0v) is 6.33. The lowest BCUT2D eigenvalue weighted by atomic mass is 10.4. The fraction of sp³-hybridized carbons (Fsp3) is 0.500. The average molecular weight is 254 g/mol. The van der Waals surface area contributed by atoms with Crippen molar-refractivity contribution in [3.8, 4) is 0 Å². The second kappa shape index (κ2) is 3.38. The lowest BCUT2D eigenvalue weighted by Crippen LogP contribution is -2.04. The Morgan fingerprint density at radius 1 is 1.44 bits per heavy atom. The SMILES string of the molecule is F/C(I)=C\CC(F)(F)F. The fourth-order valence-corrected chi connectivity index (χ4v) is 0.413. The molecule has 0 N–H and O–H groups in total. The molecule has 0 rings (SSSR count). The van der Waals surface area contributed by atoms with Crippen LogP contribution in [-0.4, -0.2) is 6.18 Å². The third-order valence-electron chi connectivity index (χ3n) is 0.488. The summed E-state index contributed by atoms with van der Waals surface area (Å²) in [6.07, 6.45) is -5.00. The minimum atomic E-state index is -4.29. The molecule has 5 heteroatoms. The topological polar surface area (TPSA) is 0 Å². The maximum absolute atomic E-state index is 11.6. The molecule has 0 radical (unpaired) electrons. The molecule has 0 saturated heterocycles. The largest absolute Gasteiger partial charge is 0.392 e. The van der Waals surface area contributed by atoms with E-state index >= 15 is 0 Å². The van der Waals surface area contributed by atoms with Crippen LogP contribution in [0.15, 0.2) is 9.91 Å². The Labute approximate surface area is 63.1 Å². The van der Waals surface area contributed by atoms with Crippen LogP contribution in [0.5, 0.6) is 0 Å². The van der Waals surface area contributed by atoms with Gasteiger partial charge in [-0.15, -0.1) is 0 Å². The number of allylic oxidation sites excluding steroid dienone is 1. The molecule has 0 nitrogen and oxygen atoms in total. The number of rotatable bonds is 1. The first-order chi connectivity index (χ1) is 3.92. The van der Waals surface area contributed by atoms with Crippen LogP contribution in [0.2, 0.25) is 0 Å². The van der Waals surface area contributed by atoms with Gasteiger partial charge in [0.05, 0.1) is 6.42 Å². The molecular formula is C4H3F4I. The Balaban J connectivity index is 3.64. The zero-order chi connectivity index (χ0) is 7.49. The molecule has 0 heterocycles. The van der Waals surface area contributed by atoms with E-state index in [1.165, 1.54) is 22.6 Å². The first-order valence-corrected chi connectivity index (χ1v) is 3.07. The van der Waals surface area contributed by atoms with Gasteiger partial charge in [-0.3, -0.25) is 0 Å². The van der Waals surface area contributed by atoms with E-state index in [-0.39, 0.29) is 0 Å². The van der Waals surface area contributed by atoms with Gasteiger partial charge in [0.25, 0.3) is 0 Å². The van der Waals surface area contributed by atoms with Crippen molar-refractivity contribution in [3.05, 3.63) is 9.91 Å². The Hall–Kier alpha value is 0.190. The van der Waals surface area contributed by atoms with Crippen LogP contribution in [0, 0.1) is 0 Å². The summed E-state index contributed by atoms with van der Waals surface area (Å²) in [6, 6.07) is 0. The summed E-state index contributed by atoms with van der Waals surface area (Å²) >= 11 is 1.18. The highest BCUT2D eigenvalue weighted by molar-refractivity contribution is 14.1. The van der Waals surface area contributed by atoms with Crippen molar-refractivity contribution >= 4 is 22.6 Å². The lowest BCUT2D eigenvalue weighted by molar-refractivity contribution is -0.125. The molecule has 54 valence electrons. The number of hydrogen-bond acceptors (Lipinski definition) is 0. The maximum atomic E-state index is 11.6. The summed E-state index contributed by atoms with van der Waals surface area (Å²) < 4.78 is 44.4. The molecule has 0 aromatic rings. The predicted molar refractivity (Wildman–Crippen MR) is 33.9 cm³/mol. The van der Waals surface area contributed by atoms with E-state index in [4.69, 9.17) is 0 Å². The van der Waals surface area contributed by atoms with E-state index in [1.807, 2.05) is 0 Å². The molecule has 0 saturated carbocycles. The zero-order valence-electron chi connectivity index (χ0n) is 4.17. The van der Waals surface area contributed by atoms with Crippen molar-refractivity contribution in [2.75, 3.05) is 0 Å². The number of hydrogen-bond donors (Lipinski definition) is 0. The molecule has 0 atom stereocenters. The van der Waals surface area contributed by atoms with Crippen molar-refractivity contribution in [3.63, 3.8) is 0 Å². The smallest absolute Gasteiger partial charge is 0.200 e. The standard InChI is InChI=1S/C4H3F4I/c5-3(9)1-2-4(6,7)8/h1H,2H2/b3-1+. The van der Waals surface area contributed by atoms with Crippen LogP contribution in [0.3, 0.4) is 0 Å². The van der Waals surface area contributed by atoms with Gasteiger partial charge in [0, 0.05) is 0 Å². The first-order valence-electron chi connectivity index (χ1n) is 2.00. The van der Waals surface area contributed by atoms with Crippen molar-refractivity contribution < 1.29 is 17.6 Å². The Morgan fingerprint density at radius 2 is 1.89 bits per heavy atom. The minimum Gasteiger partial charge on any atom is -0.200 e. The van der Waals surface area contributed by atoms with E-state index in [2.05, 4.69) is 0 Å². The molecule has 0 aliphatic heterocycles. The molecule has 0 spiro atoms. The summed E-state index contributed by atoms with van der Waals surface area (Å²) in [5.74, 6) is 0.